The molecule has 0 aromatic carbocycles. The Bertz CT molecular complexity index is 1960. The van der Waals surface area contributed by atoms with E-state index >= 15 is 0 Å². The van der Waals surface area contributed by atoms with Gasteiger partial charge in [-0.3, -0.25) is 37.3 Å². The first-order valence-electron chi connectivity index (χ1n) is 42.3. The number of carbonyl (C=O) groups excluding carboxylic acids is 4. The topological polar surface area (TPSA) is 237 Å². The minimum absolute atomic E-state index is 0.107. The molecule has 0 saturated carbocycles. The minimum Gasteiger partial charge on any atom is -0.462 e. The predicted octanol–water partition coefficient (Wildman–Crippen LogP) is 24.5. The van der Waals surface area contributed by atoms with Gasteiger partial charge in [-0.25, -0.2) is 9.13 Å². The summed E-state index contributed by atoms with van der Waals surface area (Å²) >= 11 is 0. The summed E-state index contributed by atoms with van der Waals surface area (Å²) in [5.74, 6) is 0.237. The summed E-state index contributed by atoms with van der Waals surface area (Å²) in [6, 6.07) is 0. The van der Waals surface area contributed by atoms with Crippen molar-refractivity contribution >= 4 is 39.5 Å². The number of aliphatic hydroxyl groups is 1. The highest BCUT2D eigenvalue weighted by Gasteiger charge is 2.30. The first kappa shape index (κ1) is 99.1. The molecule has 5 atom stereocenters. The zero-order valence-corrected chi connectivity index (χ0v) is 68.2. The van der Waals surface area contributed by atoms with E-state index in [9.17, 15) is 43.2 Å². The number of ether oxygens (including phenoxy) is 4. The van der Waals surface area contributed by atoms with Crippen LogP contribution in [-0.2, 0) is 65.4 Å². The quantitative estimate of drug-likeness (QED) is 0.0222. The van der Waals surface area contributed by atoms with Gasteiger partial charge in [0.1, 0.15) is 19.3 Å². The maximum atomic E-state index is 13.1. The van der Waals surface area contributed by atoms with E-state index in [1.807, 2.05) is 0 Å². The molecule has 19 heteroatoms. The molecule has 0 aromatic heterocycles. The lowest BCUT2D eigenvalue weighted by Gasteiger charge is -2.21. The largest absolute Gasteiger partial charge is 0.472 e. The third kappa shape index (κ3) is 76.1. The number of unbranched alkanes of at least 4 members (excludes halogenated alkanes) is 48. The molecule has 0 aliphatic carbocycles. The number of carbonyl (C=O) groups is 4. The van der Waals surface area contributed by atoms with Crippen molar-refractivity contribution in [3.8, 4) is 0 Å². The molecule has 0 aromatic rings. The number of esters is 4. The van der Waals surface area contributed by atoms with Crippen LogP contribution in [0.2, 0.25) is 0 Å². The van der Waals surface area contributed by atoms with Crippen molar-refractivity contribution in [3.63, 3.8) is 0 Å². The van der Waals surface area contributed by atoms with Gasteiger partial charge in [0.25, 0.3) is 0 Å². The highest BCUT2D eigenvalue weighted by Crippen LogP contribution is 2.45. The monoisotopic (exact) mass is 1480 g/mol. The molecule has 3 N–H and O–H groups in total. The van der Waals surface area contributed by atoms with Crippen molar-refractivity contribution in [3.05, 3.63) is 0 Å². The van der Waals surface area contributed by atoms with E-state index in [1.54, 1.807) is 0 Å². The minimum atomic E-state index is -4.96. The summed E-state index contributed by atoms with van der Waals surface area (Å²) in [6.07, 6.45) is 61.1. The van der Waals surface area contributed by atoms with Crippen molar-refractivity contribution in [2.75, 3.05) is 39.6 Å². The van der Waals surface area contributed by atoms with E-state index in [0.29, 0.717) is 25.7 Å². The van der Waals surface area contributed by atoms with Crippen molar-refractivity contribution in [1.29, 1.82) is 0 Å². The van der Waals surface area contributed by atoms with Crippen LogP contribution < -0.4 is 0 Å². The number of rotatable bonds is 80. The summed E-state index contributed by atoms with van der Waals surface area (Å²) in [5, 5.41) is 10.6. The van der Waals surface area contributed by atoms with Gasteiger partial charge < -0.3 is 33.8 Å². The van der Waals surface area contributed by atoms with Crippen molar-refractivity contribution in [2.45, 2.75) is 446 Å². The van der Waals surface area contributed by atoms with Crippen molar-refractivity contribution in [1.82, 2.24) is 0 Å². The SMILES string of the molecule is CCCCCCCCCCCCCCC(=O)O[C@H](COC(=O)CCCCCCCCCCC(C)C)COP(=O)(O)OC[C@H](O)COP(=O)(O)OC[C@@H](COC(=O)CCCCCCCCCCCCCCCCC(C)C)OC(=O)CCCCCCCCCCCCCCCCCCCCC(C)C. The maximum absolute atomic E-state index is 13.1. The third-order valence-corrected chi connectivity index (χ3v) is 21.0. The normalized spacial score (nSPS) is 14.0. The molecule has 2 unspecified atom stereocenters. The van der Waals surface area contributed by atoms with Gasteiger partial charge in [-0.1, -0.05) is 376 Å². The second-order valence-corrected chi connectivity index (χ2v) is 33.8. The van der Waals surface area contributed by atoms with Crippen LogP contribution in [0.4, 0.5) is 0 Å². The van der Waals surface area contributed by atoms with Gasteiger partial charge in [-0.2, -0.15) is 0 Å². The van der Waals surface area contributed by atoms with E-state index in [4.69, 9.17) is 37.0 Å². The summed E-state index contributed by atoms with van der Waals surface area (Å²) < 4.78 is 68.7. The lowest BCUT2D eigenvalue weighted by Crippen LogP contribution is -2.30. The molecular weight excluding hydrogens is 1320 g/mol. The van der Waals surface area contributed by atoms with Crippen molar-refractivity contribution in [2.24, 2.45) is 17.8 Å². The van der Waals surface area contributed by atoms with Crippen LogP contribution in [-0.4, -0.2) is 96.7 Å². The van der Waals surface area contributed by atoms with Gasteiger partial charge in [0, 0.05) is 25.7 Å². The Balaban J connectivity index is 5.23. The number of aliphatic hydroxyl groups excluding tert-OH is 1. The Morgan fingerprint density at radius 3 is 0.673 bits per heavy atom. The molecule has 0 rings (SSSR count). The predicted molar refractivity (Wildman–Crippen MR) is 414 cm³/mol. The number of phosphoric acid groups is 2. The number of phosphoric ester groups is 2. The van der Waals surface area contributed by atoms with Gasteiger partial charge in [-0.05, 0) is 43.4 Å². The smallest absolute Gasteiger partial charge is 0.462 e. The standard InChI is InChI=1S/C82H160O17P2/c1-8-9-10-11-12-13-14-29-35-44-51-58-65-81(86)99-78(70-93-80(85)64-57-50-43-38-37-41-48-55-62-75(6)7)72-97-101(90,91)95-68-76(83)67-94-100(88,89)96-71-77(69-92-79(84)63-56-49-42-34-30-25-22-21-24-28-33-40-47-54-61-74(4)5)98-82(87)66-59-52-45-36-31-26-20-18-16-15-17-19-23-27-32-39-46-53-60-73(2)3/h73-78,83H,8-72H2,1-7H3,(H,88,89)(H,90,91)/t76-,77-,78-/m1/s1. The molecule has 0 aliphatic heterocycles. The molecule has 0 saturated heterocycles. The van der Waals surface area contributed by atoms with E-state index in [1.165, 1.54) is 238 Å². The molecule has 0 spiro atoms. The van der Waals surface area contributed by atoms with Crippen LogP contribution in [0, 0.1) is 17.8 Å². The lowest BCUT2D eigenvalue weighted by molar-refractivity contribution is -0.161. The van der Waals surface area contributed by atoms with Crippen LogP contribution in [0.3, 0.4) is 0 Å². The Morgan fingerprint density at radius 2 is 0.455 bits per heavy atom. The van der Waals surface area contributed by atoms with Crippen LogP contribution in [0.1, 0.15) is 427 Å². The second kappa shape index (κ2) is 72.3. The first-order chi connectivity index (χ1) is 48.7. The first-order valence-corrected chi connectivity index (χ1v) is 45.3. The van der Waals surface area contributed by atoms with Crippen LogP contribution in [0.5, 0.6) is 0 Å². The summed E-state index contributed by atoms with van der Waals surface area (Å²) in [6.45, 7) is 12.0. The van der Waals surface area contributed by atoms with Crippen LogP contribution in [0.25, 0.3) is 0 Å². The zero-order chi connectivity index (χ0) is 74.4. The van der Waals surface area contributed by atoms with E-state index in [0.717, 1.165) is 108 Å². The zero-order valence-electron chi connectivity index (χ0n) is 66.4. The maximum Gasteiger partial charge on any atom is 0.472 e. The second-order valence-electron chi connectivity index (χ2n) is 30.9. The van der Waals surface area contributed by atoms with Gasteiger partial charge in [0.05, 0.1) is 26.4 Å². The average molecular weight is 1480 g/mol. The highest BCUT2D eigenvalue weighted by atomic mass is 31.2. The molecule has 17 nitrogen and oxygen atoms in total. The third-order valence-electron chi connectivity index (χ3n) is 19.1. The molecule has 0 radical (unpaired) electrons. The molecule has 0 heterocycles. The van der Waals surface area contributed by atoms with Gasteiger partial charge in [0.2, 0.25) is 0 Å². The number of hydrogen-bond acceptors (Lipinski definition) is 15. The summed E-state index contributed by atoms with van der Waals surface area (Å²) in [5.41, 5.74) is 0. The fourth-order valence-corrected chi connectivity index (χ4v) is 14.2. The fourth-order valence-electron chi connectivity index (χ4n) is 12.7. The van der Waals surface area contributed by atoms with Gasteiger partial charge in [0.15, 0.2) is 12.2 Å². The summed E-state index contributed by atoms with van der Waals surface area (Å²) in [4.78, 5) is 73.0. The molecule has 0 amide bonds. The highest BCUT2D eigenvalue weighted by molar-refractivity contribution is 7.47. The van der Waals surface area contributed by atoms with Crippen LogP contribution >= 0.6 is 15.6 Å². The van der Waals surface area contributed by atoms with Gasteiger partial charge >= 0.3 is 39.5 Å². The Morgan fingerprint density at radius 1 is 0.267 bits per heavy atom. The molecule has 0 fully saturated rings. The Kier molecular flexibility index (Phi) is 70.9. The molecule has 101 heavy (non-hydrogen) atoms. The number of hydrogen-bond donors (Lipinski definition) is 3. The van der Waals surface area contributed by atoms with Crippen LogP contribution in [0.15, 0.2) is 0 Å². The van der Waals surface area contributed by atoms with E-state index in [-0.39, 0.29) is 25.7 Å². The van der Waals surface area contributed by atoms with E-state index < -0.39 is 97.5 Å². The average Bonchev–Trinajstić information content (AvgIpc) is 0.919. The molecule has 0 aliphatic rings. The lowest BCUT2D eigenvalue weighted by atomic mass is 10.0. The van der Waals surface area contributed by atoms with Gasteiger partial charge in [-0.15, -0.1) is 0 Å². The molecule has 600 valence electrons. The Labute approximate surface area is 619 Å². The fraction of sp³-hybridized carbons (Fsp3) is 0.951. The van der Waals surface area contributed by atoms with Crippen molar-refractivity contribution < 1.29 is 80.2 Å². The summed E-state index contributed by atoms with van der Waals surface area (Å²) in [7, 11) is -9.92. The Hall–Kier alpha value is -1.94. The van der Waals surface area contributed by atoms with E-state index in [2.05, 4.69) is 48.5 Å². The molecule has 0 bridgehead atoms. The molecular formula is C82H160O17P2.